The van der Waals surface area contributed by atoms with Gasteiger partial charge in [-0.15, -0.1) is 0 Å². The normalized spacial score (nSPS) is 26.0. The number of benzene rings is 2. The molecule has 2 bridgehead atoms. The Hall–Kier alpha value is -1.81. The largest absolute Gasteiger partial charge is 0.399 e. The second kappa shape index (κ2) is 10.4. The van der Waals surface area contributed by atoms with E-state index in [0.717, 1.165) is 0 Å². The zero-order valence-electron chi connectivity index (χ0n) is 20.1. The topological polar surface area (TPSA) is 58.5 Å². The third-order valence-electron chi connectivity index (χ3n) is 6.24. The van der Waals surface area contributed by atoms with Crippen molar-refractivity contribution in [2.24, 2.45) is 5.16 Å². The molecule has 2 aromatic rings. The Kier molecular flexibility index (Phi) is 7.76. The van der Waals surface area contributed by atoms with Crippen LogP contribution >= 0.6 is 15.9 Å². The van der Waals surface area contributed by atoms with Crippen LogP contribution in [0.25, 0.3) is 0 Å². The van der Waals surface area contributed by atoms with Crippen LogP contribution in [0.3, 0.4) is 0 Å². The molecular formula is C26H32BrNO5Si. The van der Waals surface area contributed by atoms with Crippen LogP contribution in [0.5, 0.6) is 0 Å². The smallest absolute Gasteiger partial charge is 0.262 e. The summed E-state index contributed by atoms with van der Waals surface area (Å²) in [5, 5.41) is 6.56. The lowest BCUT2D eigenvalue weighted by Crippen LogP contribution is -2.70. The van der Waals surface area contributed by atoms with Crippen molar-refractivity contribution in [3.05, 3.63) is 71.7 Å². The monoisotopic (exact) mass is 545 g/mol. The fourth-order valence-corrected chi connectivity index (χ4v) is 9.62. The molecule has 0 radical (unpaired) electrons. The fourth-order valence-electron chi connectivity index (χ4n) is 4.82. The molecule has 0 unspecified atom stereocenters. The van der Waals surface area contributed by atoms with E-state index in [9.17, 15) is 0 Å². The molecule has 0 N–H and O–H groups in total. The lowest BCUT2D eigenvalue weighted by molar-refractivity contribution is -0.147. The highest BCUT2D eigenvalue weighted by atomic mass is 79.9. The van der Waals surface area contributed by atoms with E-state index in [1.165, 1.54) is 17.5 Å². The van der Waals surface area contributed by atoms with Crippen molar-refractivity contribution in [2.75, 3.05) is 20.3 Å². The van der Waals surface area contributed by atoms with Crippen LogP contribution in [0, 0.1) is 0 Å². The van der Waals surface area contributed by atoms with Crippen LogP contribution in [-0.2, 0) is 23.5 Å². The Morgan fingerprint density at radius 2 is 1.65 bits per heavy atom. The summed E-state index contributed by atoms with van der Waals surface area (Å²) in [5.74, 6) is 0. The van der Waals surface area contributed by atoms with Gasteiger partial charge in [-0.1, -0.05) is 109 Å². The summed E-state index contributed by atoms with van der Waals surface area (Å²) in [4.78, 5) is 5.28. The van der Waals surface area contributed by atoms with Gasteiger partial charge in [0.25, 0.3) is 8.32 Å². The second-order valence-corrected chi connectivity index (χ2v) is 14.9. The Labute approximate surface area is 211 Å². The molecule has 182 valence electrons. The molecule has 6 nitrogen and oxygen atoms in total. The molecule has 2 aliphatic heterocycles. The van der Waals surface area contributed by atoms with Gasteiger partial charge in [-0.2, -0.15) is 0 Å². The Morgan fingerprint density at radius 1 is 1.06 bits per heavy atom. The van der Waals surface area contributed by atoms with Crippen LogP contribution in [0.4, 0.5) is 0 Å². The molecule has 2 fully saturated rings. The Balaban J connectivity index is 1.85. The number of fused-ring (bicyclic) bond motifs is 2. The molecule has 2 aromatic carbocycles. The van der Waals surface area contributed by atoms with E-state index in [2.05, 4.69) is 97.0 Å². The predicted octanol–water partition coefficient (Wildman–Crippen LogP) is 3.98. The summed E-state index contributed by atoms with van der Waals surface area (Å²) in [7, 11) is -1.34. The number of ether oxygens (including phenoxy) is 3. The molecule has 34 heavy (non-hydrogen) atoms. The summed E-state index contributed by atoms with van der Waals surface area (Å²) in [5.41, 5.74) is 0.642. The molecule has 2 heterocycles. The number of rotatable bonds is 8. The minimum atomic E-state index is -2.88. The van der Waals surface area contributed by atoms with Crippen LogP contribution in [0.1, 0.15) is 20.8 Å². The molecule has 0 aromatic heterocycles. The molecule has 0 spiro atoms. The lowest BCUT2D eigenvalue weighted by Gasteiger charge is -2.47. The molecule has 2 aliphatic rings. The molecule has 8 heteroatoms. The highest BCUT2D eigenvalue weighted by Crippen LogP contribution is 2.40. The zero-order valence-corrected chi connectivity index (χ0v) is 22.7. The van der Waals surface area contributed by atoms with Crippen LogP contribution in [0.2, 0.25) is 5.04 Å². The summed E-state index contributed by atoms with van der Waals surface area (Å²) in [6.07, 6.45) is -1.95. The molecule has 0 amide bonds. The first-order chi connectivity index (χ1) is 16.3. The van der Waals surface area contributed by atoms with Crippen molar-refractivity contribution in [1.82, 2.24) is 0 Å². The van der Waals surface area contributed by atoms with E-state index < -0.39 is 26.8 Å². The first kappa shape index (κ1) is 25.3. The third-order valence-corrected chi connectivity index (χ3v) is 11.5. The lowest BCUT2D eigenvalue weighted by atomic mass is 10.0. The van der Waals surface area contributed by atoms with E-state index >= 15 is 0 Å². The van der Waals surface area contributed by atoms with Gasteiger partial charge >= 0.3 is 0 Å². The molecule has 0 saturated carbocycles. The molecule has 4 atom stereocenters. The van der Waals surface area contributed by atoms with Crippen molar-refractivity contribution in [3.8, 4) is 0 Å². The van der Waals surface area contributed by atoms with E-state index in [1.807, 2.05) is 12.1 Å². The highest BCUT2D eigenvalue weighted by Gasteiger charge is 2.57. The van der Waals surface area contributed by atoms with Crippen molar-refractivity contribution in [2.45, 2.75) is 50.4 Å². The minimum absolute atomic E-state index is 0.204. The Bertz CT molecular complexity index is 971. The number of oxime groups is 1. The SMILES string of the molecule is C=C(Br)CO[C@H]1/C(=N\OC)[C@H](O[Si](c2ccccc2)(c2ccccc2)C(C)(C)C)[C@H]2CO[C@@H]1O2. The zero-order chi connectivity index (χ0) is 24.3. The number of halogens is 1. The van der Waals surface area contributed by atoms with Gasteiger partial charge in [0.05, 0.1) is 13.2 Å². The summed E-state index contributed by atoms with van der Waals surface area (Å²) in [6.45, 7) is 11.3. The van der Waals surface area contributed by atoms with Gasteiger partial charge in [0, 0.05) is 4.48 Å². The van der Waals surface area contributed by atoms with Crippen LogP contribution in [0.15, 0.2) is 76.9 Å². The van der Waals surface area contributed by atoms with Gasteiger partial charge in [0.15, 0.2) is 12.4 Å². The second-order valence-electron chi connectivity index (χ2n) is 9.53. The highest BCUT2D eigenvalue weighted by molar-refractivity contribution is 9.11. The van der Waals surface area contributed by atoms with E-state index in [-0.39, 0.29) is 17.7 Å². The third kappa shape index (κ3) is 4.80. The number of hydrogen-bond donors (Lipinski definition) is 0. The average molecular weight is 547 g/mol. The van der Waals surface area contributed by atoms with Gasteiger partial charge in [-0.3, -0.25) is 0 Å². The van der Waals surface area contributed by atoms with Gasteiger partial charge in [-0.25, -0.2) is 0 Å². The summed E-state index contributed by atoms with van der Waals surface area (Å²) in [6, 6.07) is 21.0. The summed E-state index contributed by atoms with van der Waals surface area (Å²) >= 11 is 3.37. The predicted molar refractivity (Wildman–Crippen MR) is 139 cm³/mol. The van der Waals surface area contributed by atoms with Crippen molar-refractivity contribution < 1.29 is 23.5 Å². The molecule has 0 aliphatic carbocycles. The minimum Gasteiger partial charge on any atom is -0.399 e. The molecular weight excluding hydrogens is 514 g/mol. The van der Waals surface area contributed by atoms with Gasteiger partial charge in [-0.05, 0) is 15.4 Å². The van der Waals surface area contributed by atoms with Crippen molar-refractivity contribution in [1.29, 1.82) is 0 Å². The Morgan fingerprint density at radius 3 is 2.15 bits per heavy atom. The summed E-state index contributed by atoms with van der Waals surface area (Å²) < 4.78 is 26.4. The van der Waals surface area contributed by atoms with Gasteiger partial charge in [0.1, 0.15) is 25.0 Å². The first-order valence-corrected chi connectivity index (χ1v) is 14.1. The van der Waals surface area contributed by atoms with Gasteiger partial charge in [0.2, 0.25) is 0 Å². The fraction of sp³-hybridized carbons (Fsp3) is 0.423. The van der Waals surface area contributed by atoms with E-state index in [0.29, 0.717) is 16.8 Å². The van der Waals surface area contributed by atoms with Crippen LogP contribution in [-0.4, -0.2) is 59.0 Å². The van der Waals surface area contributed by atoms with E-state index in [1.54, 1.807) is 0 Å². The maximum absolute atomic E-state index is 7.36. The van der Waals surface area contributed by atoms with E-state index in [4.69, 9.17) is 23.5 Å². The number of hydrogen-bond acceptors (Lipinski definition) is 6. The first-order valence-electron chi connectivity index (χ1n) is 11.4. The van der Waals surface area contributed by atoms with Crippen molar-refractivity contribution >= 4 is 40.3 Å². The molecule has 4 rings (SSSR count). The molecule has 2 saturated heterocycles. The maximum Gasteiger partial charge on any atom is 0.262 e. The number of nitrogens with zero attached hydrogens (tertiary/aromatic N) is 1. The van der Waals surface area contributed by atoms with Crippen molar-refractivity contribution in [3.63, 3.8) is 0 Å². The standard InChI is InChI=1S/C26H32BrNO5Si/c1-18(27)16-30-24-22(28-29-5)23(21-17-31-25(24)32-21)33-34(26(2,3)4,19-12-8-6-9-13-19)20-14-10-7-11-15-20/h6-15,21,23-25H,1,16-17H2,2-5H3/b28-22-/t21-,23-,24+,25-/m1/s1. The van der Waals surface area contributed by atoms with Gasteiger partial charge < -0.3 is 23.5 Å². The average Bonchev–Trinajstić information content (AvgIpc) is 3.24. The maximum atomic E-state index is 7.36. The van der Waals surface area contributed by atoms with Crippen LogP contribution < -0.4 is 10.4 Å². The quantitative estimate of drug-likeness (QED) is 0.371.